The van der Waals surface area contributed by atoms with E-state index >= 15 is 0 Å². The highest BCUT2D eigenvalue weighted by atomic mass is 32.2. The van der Waals surface area contributed by atoms with Crippen LogP contribution >= 0.6 is 11.8 Å². The van der Waals surface area contributed by atoms with Crippen molar-refractivity contribution in [1.82, 2.24) is 13.9 Å². The molecule has 0 spiro atoms. The Kier molecular flexibility index (Phi) is 7.66. The van der Waals surface area contributed by atoms with E-state index in [1.807, 2.05) is 0 Å². The smallest absolute Gasteiger partial charge is 0.284 e. The van der Waals surface area contributed by atoms with E-state index in [1.54, 1.807) is 48.7 Å². The van der Waals surface area contributed by atoms with Crippen molar-refractivity contribution in [3.63, 3.8) is 0 Å². The minimum absolute atomic E-state index is 0.148. The molecule has 0 aliphatic heterocycles. The largest absolute Gasteiger partial charge is 0.495 e. The third-order valence-corrected chi connectivity index (χ3v) is 8.88. The molecule has 1 aromatic heterocycles. The van der Waals surface area contributed by atoms with E-state index in [0.29, 0.717) is 22.5 Å². The number of benzene rings is 3. The molecule has 198 valence electrons. The number of aromatic nitrogens is 2. The van der Waals surface area contributed by atoms with Crippen LogP contribution < -0.4 is 4.74 Å². The van der Waals surface area contributed by atoms with Crippen LogP contribution in [0.1, 0.15) is 13.8 Å². The molecular formula is C24H23N5O7S2. The lowest BCUT2D eigenvalue weighted by molar-refractivity contribution is -0.388. The van der Waals surface area contributed by atoms with E-state index in [-0.39, 0.29) is 33.7 Å². The summed E-state index contributed by atoms with van der Waals surface area (Å²) in [7, 11) is -2.43. The number of nitro groups is 2. The van der Waals surface area contributed by atoms with Gasteiger partial charge in [-0.2, -0.15) is 4.31 Å². The van der Waals surface area contributed by atoms with Crippen LogP contribution in [0.4, 0.5) is 11.4 Å². The molecular weight excluding hydrogens is 534 g/mol. The minimum Gasteiger partial charge on any atom is -0.495 e. The van der Waals surface area contributed by atoms with Crippen molar-refractivity contribution in [3.8, 4) is 11.4 Å². The number of rotatable bonds is 10. The number of imidazole rings is 1. The number of hydrogen-bond donors (Lipinski definition) is 0. The Morgan fingerprint density at radius 1 is 1.00 bits per heavy atom. The summed E-state index contributed by atoms with van der Waals surface area (Å²) in [5.74, 6) is 0.488. The molecule has 1 heterocycles. The van der Waals surface area contributed by atoms with Crippen LogP contribution in [0.5, 0.6) is 5.75 Å². The topological polar surface area (TPSA) is 151 Å². The van der Waals surface area contributed by atoms with Gasteiger partial charge in [0.05, 0.1) is 43.5 Å². The molecule has 38 heavy (non-hydrogen) atoms. The number of hydrogen-bond acceptors (Lipinski definition) is 9. The van der Waals surface area contributed by atoms with Gasteiger partial charge >= 0.3 is 0 Å². The van der Waals surface area contributed by atoms with Crippen molar-refractivity contribution in [2.45, 2.75) is 28.8 Å². The molecule has 0 fully saturated rings. The summed E-state index contributed by atoms with van der Waals surface area (Å²) < 4.78 is 34.3. The summed E-state index contributed by atoms with van der Waals surface area (Å²) >= 11 is 0.939. The molecule has 0 aliphatic carbocycles. The van der Waals surface area contributed by atoms with Crippen molar-refractivity contribution in [2.24, 2.45) is 0 Å². The van der Waals surface area contributed by atoms with Gasteiger partial charge in [0.1, 0.15) is 5.75 Å². The maximum absolute atomic E-state index is 13.0. The van der Waals surface area contributed by atoms with Crippen LogP contribution in [0.2, 0.25) is 0 Å². The maximum atomic E-state index is 13.0. The van der Waals surface area contributed by atoms with Gasteiger partial charge in [-0.25, -0.2) is 13.4 Å². The van der Waals surface area contributed by atoms with Crippen molar-refractivity contribution < 1.29 is 23.0 Å². The zero-order valence-electron chi connectivity index (χ0n) is 20.6. The van der Waals surface area contributed by atoms with Crippen molar-refractivity contribution in [1.29, 1.82) is 0 Å². The standard InChI is InChI=1S/C24H23N5O7S2/c1-4-26(5-2)38(34,35)17-11-13-23(21(15-17)29(32)33)37-24-25-18-14-16(28(30)31)10-12-19(18)27(24)20-8-6-7-9-22(20)36-3/h6-15H,4-5H2,1-3H3. The molecule has 4 rings (SSSR count). The third kappa shape index (κ3) is 4.92. The van der Waals surface area contributed by atoms with Gasteiger partial charge in [0.2, 0.25) is 10.0 Å². The van der Waals surface area contributed by atoms with Gasteiger partial charge < -0.3 is 4.74 Å². The van der Waals surface area contributed by atoms with Crippen LogP contribution in [-0.4, -0.2) is 52.3 Å². The zero-order chi connectivity index (χ0) is 27.6. The minimum atomic E-state index is -3.92. The highest BCUT2D eigenvalue weighted by Gasteiger charge is 2.27. The molecule has 4 aromatic rings. The molecule has 0 unspecified atom stereocenters. The molecule has 0 saturated carbocycles. The summed E-state index contributed by atoms with van der Waals surface area (Å²) in [6, 6.07) is 15.0. The predicted molar refractivity (Wildman–Crippen MR) is 142 cm³/mol. The average Bonchev–Trinajstić information content (AvgIpc) is 3.25. The second-order valence-corrected chi connectivity index (χ2v) is 10.9. The Hall–Kier alpha value is -4.01. The highest BCUT2D eigenvalue weighted by molar-refractivity contribution is 7.99. The Morgan fingerprint density at radius 2 is 1.71 bits per heavy atom. The van der Waals surface area contributed by atoms with E-state index in [2.05, 4.69) is 4.98 Å². The van der Waals surface area contributed by atoms with Gasteiger partial charge in [0.25, 0.3) is 11.4 Å². The first kappa shape index (κ1) is 27.0. The lowest BCUT2D eigenvalue weighted by Gasteiger charge is -2.18. The molecule has 0 radical (unpaired) electrons. The summed E-state index contributed by atoms with van der Waals surface area (Å²) in [6.45, 7) is 3.81. The number of nitrogens with zero attached hydrogens (tertiary/aromatic N) is 5. The first-order valence-corrected chi connectivity index (χ1v) is 13.6. The van der Waals surface area contributed by atoms with E-state index in [9.17, 15) is 28.6 Å². The normalized spacial score (nSPS) is 11.7. The third-order valence-electron chi connectivity index (χ3n) is 5.82. The molecule has 3 aromatic carbocycles. The number of non-ortho nitro benzene ring substituents is 1. The molecule has 0 N–H and O–H groups in total. The molecule has 0 aliphatic rings. The van der Waals surface area contributed by atoms with Crippen LogP contribution in [0.3, 0.4) is 0 Å². The number of para-hydroxylation sites is 2. The number of methoxy groups -OCH3 is 1. The Morgan fingerprint density at radius 3 is 2.34 bits per heavy atom. The van der Waals surface area contributed by atoms with Gasteiger partial charge in [0.15, 0.2) is 5.16 Å². The van der Waals surface area contributed by atoms with Crippen molar-refractivity contribution >= 4 is 44.2 Å². The fourth-order valence-electron chi connectivity index (χ4n) is 3.97. The number of ether oxygens (including phenoxy) is 1. The van der Waals surface area contributed by atoms with E-state index in [0.717, 1.165) is 17.8 Å². The van der Waals surface area contributed by atoms with E-state index < -0.39 is 25.6 Å². The number of fused-ring (bicyclic) bond motifs is 1. The quantitative estimate of drug-likeness (QED) is 0.193. The SMILES string of the molecule is CCN(CC)S(=O)(=O)c1ccc(Sc2nc3cc([N+](=O)[O-])ccc3n2-c2ccccc2OC)c([N+](=O)[O-])c1. The zero-order valence-corrected chi connectivity index (χ0v) is 22.2. The summed E-state index contributed by atoms with van der Waals surface area (Å²) in [5.41, 5.74) is 0.822. The fraction of sp³-hybridized carbons (Fsp3) is 0.208. The molecule has 0 bridgehead atoms. The first-order chi connectivity index (χ1) is 18.1. The Balaban J connectivity index is 1.91. The average molecular weight is 558 g/mol. The van der Waals surface area contributed by atoms with Gasteiger partial charge in [-0.1, -0.05) is 26.0 Å². The van der Waals surface area contributed by atoms with Crippen LogP contribution in [0.25, 0.3) is 16.7 Å². The molecule has 12 nitrogen and oxygen atoms in total. The van der Waals surface area contributed by atoms with Gasteiger partial charge in [0, 0.05) is 31.3 Å². The lowest BCUT2D eigenvalue weighted by atomic mass is 10.2. The molecule has 0 atom stereocenters. The van der Waals surface area contributed by atoms with Gasteiger partial charge in [-0.3, -0.25) is 24.8 Å². The molecule has 0 amide bonds. The highest BCUT2D eigenvalue weighted by Crippen LogP contribution is 2.40. The Labute approximate surface area is 222 Å². The monoisotopic (exact) mass is 557 g/mol. The second kappa shape index (κ2) is 10.8. The van der Waals surface area contributed by atoms with Crippen LogP contribution in [0.15, 0.2) is 75.6 Å². The number of nitro benzene ring substituents is 2. The van der Waals surface area contributed by atoms with Gasteiger partial charge in [-0.15, -0.1) is 0 Å². The maximum Gasteiger partial charge on any atom is 0.284 e. The predicted octanol–water partition coefficient (Wildman–Crippen LogP) is 5.03. The van der Waals surface area contributed by atoms with Crippen molar-refractivity contribution in [2.75, 3.05) is 20.2 Å². The van der Waals surface area contributed by atoms with E-state index in [1.165, 1.54) is 35.7 Å². The first-order valence-electron chi connectivity index (χ1n) is 11.4. The second-order valence-electron chi connectivity index (χ2n) is 7.91. The van der Waals surface area contributed by atoms with Crippen LogP contribution in [0, 0.1) is 20.2 Å². The summed E-state index contributed by atoms with van der Waals surface area (Å²) in [5, 5.41) is 23.6. The molecule has 14 heteroatoms. The van der Waals surface area contributed by atoms with E-state index in [4.69, 9.17) is 4.74 Å². The summed E-state index contributed by atoms with van der Waals surface area (Å²) in [4.78, 5) is 26.7. The lowest BCUT2D eigenvalue weighted by Crippen LogP contribution is -2.30. The van der Waals surface area contributed by atoms with Gasteiger partial charge in [-0.05, 0) is 42.1 Å². The number of sulfonamides is 1. The molecule has 0 saturated heterocycles. The van der Waals surface area contributed by atoms with Crippen molar-refractivity contribution in [3.05, 3.63) is 80.9 Å². The summed E-state index contributed by atoms with van der Waals surface area (Å²) in [6.07, 6.45) is 0. The Bertz CT molecular complexity index is 1650. The fourth-order valence-corrected chi connectivity index (χ4v) is 6.45. The van der Waals surface area contributed by atoms with Crippen LogP contribution in [-0.2, 0) is 10.0 Å².